The summed E-state index contributed by atoms with van der Waals surface area (Å²) in [6, 6.07) is 12.0. The quantitative estimate of drug-likeness (QED) is 0.393. The number of rotatable bonds is 6. The van der Waals surface area contributed by atoms with Crippen LogP contribution in [0.5, 0.6) is 0 Å². The molecule has 1 aliphatic rings. The number of nitrogens with zero attached hydrogens (tertiary/aromatic N) is 1. The summed E-state index contributed by atoms with van der Waals surface area (Å²) in [6.07, 6.45) is 3.29. The van der Waals surface area contributed by atoms with Crippen LogP contribution in [0, 0.1) is 17.5 Å². The molecule has 0 radical (unpaired) electrons. The van der Waals surface area contributed by atoms with Crippen LogP contribution in [0.15, 0.2) is 47.5 Å². The van der Waals surface area contributed by atoms with Gasteiger partial charge in [-0.25, -0.2) is 13.2 Å². The van der Waals surface area contributed by atoms with Crippen LogP contribution >= 0.6 is 0 Å². The van der Waals surface area contributed by atoms with Crippen LogP contribution in [0.25, 0.3) is 0 Å². The maximum absolute atomic E-state index is 13.7. The van der Waals surface area contributed by atoms with E-state index in [-0.39, 0.29) is 12.0 Å². The van der Waals surface area contributed by atoms with Crippen LogP contribution in [0.4, 0.5) is 18.9 Å². The summed E-state index contributed by atoms with van der Waals surface area (Å²) in [5.41, 5.74) is 0.882. The molecule has 1 aliphatic carbocycles. The highest BCUT2D eigenvalue weighted by Crippen LogP contribution is 2.43. The van der Waals surface area contributed by atoms with E-state index in [0.717, 1.165) is 31.4 Å². The summed E-state index contributed by atoms with van der Waals surface area (Å²) >= 11 is 0. The predicted molar refractivity (Wildman–Crippen MR) is 106 cm³/mol. The standard InChI is InChI=1S/C21H23F3N4O/c1-25-20(27-13-21(10-5-11-21)14-6-3-2-4-7-14)26-12-17(29)28-16-9-8-15(22)18(23)19(16)24/h2-4,6-9H,5,10-13H2,1H3,(H,28,29)(H2,25,26,27). The first kappa shape index (κ1) is 20.7. The number of aliphatic imine (C=N–C) groups is 1. The van der Waals surface area contributed by atoms with Gasteiger partial charge in [0.15, 0.2) is 23.4 Å². The van der Waals surface area contributed by atoms with Crippen LogP contribution < -0.4 is 16.0 Å². The number of benzene rings is 2. The molecule has 0 spiro atoms. The van der Waals surface area contributed by atoms with E-state index in [2.05, 4.69) is 33.1 Å². The van der Waals surface area contributed by atoms with E-state index < -0.39 is 29.0 Å². The molecule has 0 unspecified atom stereocenters. The topological polar surface area (TPSA) is 65.5 Å². The first-order valence-corrected chi connectivity index (χ1v) is 9.38. The first-order valence-electron chi connectivity index (χ1n) is 9.38. The van der Waals surface area contributed by atoms with E-state index >= 15 is 0 Å². The summed E-state index contributed by atoms with van der Waals surface area (Å²) in [5, 5.41) is 8.29. The maximum atomic E-state index is 13.7. The molecule has 154 valence electrons. The fourth-order valence-corrected chi connectivity index (χ4v) is 3.42. The lowest BCUT2D eigenvalue weighted by atomic mass is 9.64. The smallest absolute Gasteiger partial charge is 0.243 e. The molecular formula is C21H23F3N4O. The molecular weight excluding hydrogens is 381 g/mol. The van der Waals surface area contributed by atoms with Gasteiger partial charge >= 0.3 is 0 Å². The van der Waals surface area contributed by atoms with Crippen LogP contribution in [0.2, 0.25) is 0 Å². The van der Waals surface area contributed by atoms with E-state index in [1.54, 1.807) is 7.05 Å². The van der Waals surface area contributed by atoms with Crippen molar-refractivity contribution in [2.24, 2.45) is 4.99 Å². The SMILES string of the molecule is CN=C(NCC(=O)Nc1ccc(F)c(F)c1F)NCC1(c2ccccc2)CCC1. The average Bonchev–Trinajstić information content (AvgIpc) is 2.70. The highest BCUT2D eigenvalue weighted by molar-refractivity contribution is 5.95. The van der Waals surface area contributed by atoms with Crippen LogP contribution in [-0.2, 0) is 10.2 Å². The van der Waals surface area contributed by atoms with Crippen molar-refractivity contribution in [1.29, 1.82) is 0 Å². The molecule has 2 aromatic carbocycles. The van der Waals surface area contributed by atoms with Crippen molar-refractivity contribution in [3.05, 3.63) is 65.5 Å². The van der Waals surface area contributed by atoms with Gasteiger partial charge in [-0.1, -0.05) is 36.8 Å². The lowest BCUT2D eigenvalue weighted by Gasteiger charge is -2.43. The van der Waals surface area contributed by atoms with Crippen molar-refractivity contribution in [1.82, 2.24) is 10.6 Å². The van der Waals surface area contributed by atoms with Crippen molar-refractivity contribution in [3.8, 4) is 0 Å². The molecule has 0 heterocycles. The molecule has 0 aliphatic heterocycles. The Labute approximate surface area is 167 Å². The molecule has 2 aromatic rings. The number of anilines is 1. The normalized spacial score (nSPS) is 15.4. The Hall–Kier alpha value is -3.03. The fourth-order valence-electron chi connectivity index (χ4n) is 3.42. The number of hydrogen-bond acceptors (Lipinski definition) is 2. The van der Waals surface area contributed by atoms with Crippen molar-refractivity contribution < 1.29 is 18.0 Å². The van der Waals surface area contributed by atoms with Crippen molar-refractivity contribution in [2.45, 2.75) is 24.7 Å². The zero-order valence-electron chi connectivity index (χ0n) is 16.1. The number of halogens is 3. The molecule has 1 amide bonds. The lowest BCUT2D eigenvalue weighted by Crippen LogP contribution is -2.49. The van der Waals surface area contributed by atoms with E-state index in [4.69, 9.17) is 0 Å². The molecule has 8 heteroatoms. The van der Waals surface area contributed by atoms with Gasteiger partial charge in [-0.3, -0.25) is 9.79 Å². The van der Waals surface area contributed by atoms with Crippen molar-refractivity contribution in [3.63, 3.8) is 0 Å². The van der Waals surface area contributed by atoms with Crippen LogP contribution in [0.1, 0.15) is 24.8 Å². The Morgan fingerprint density at radius 2 is 1.76 bits per heavy atom. The predicted octanol–water partition coefficient (Wildman–Crippen LogP) is 3.33. The zero-order chi connectivity index (χ0) is 20.9. The van der Waals surface area contributed by atoms with Gasteiger partial charge in [-0.15, -0.1) is 0 Å². The minimum absolute atomic E-state index is 0.0376. The lowest BCUT2D eigenvalue weighted by molar-refractivity contribution is -0.115. The van der Waals surface area contributed by atoms with Gasteiger partial charge in [0.05, 0.1) is 12.2 Å². The third kappa shape index (κ3) is 4.70. The molecule has 0 aromatic heterocycles. The molecule has 0 saturated heterocycles. The van der Waals surface area contributed by atoms with Gasteiger partial charge in [0.25, 0.3) is 0 Å². The van der Waals surface area contributed by atoms with Gasteiger partial charge in [-0.2, -0.15) is 0 Å². The number of nitrogens with one attached hydrogen (secondary N) is 3. The molecule has 1 saturated carbocycles. The third-order valence-electron chi connectivity index (χ3n) is 5.24. The summed E-state index contributed by atoms with van der Waals surface area (Å²) in [4.78, 5) is 16.1. The maximum Gasteiger partial charge on any atom is 0.243 e. The molecule has 0 bridgehead atoms. The highest BCUT2D eigenvalue weighted by atomic mass is 19.2. The van der Waals surface area contributed by atoms with Crippen LogP contribution in [0.3, 0.4) is 0 Å². The number of amides is 1. The largest absolute Gasteiger partial charge is 0.356 e. The van der Waals surface area contributed by atoms with Gasteiger partial charge in [0.1, 0.15) is 0 Å². The van der Waals surface area contributed by atoms with E-state index in [0.29, 0.717) is 12.5 Å². The van der Waals surface area contributed by atoms with Crippen LogP contribution in [-0.4, -0.2) is 32.0 Å². The van der Waals surface area contributed by atoms with E-state index in [1.807, 2.05) is 18.2 Å². The molecule has 3 N–H and O–H groups in total. The zero-order valence-corrected chi connectivity index (χ0v) is 16.1. The molecule has 0 atom stereocenters. The summed E-state index contributed by atoms with van der Waals surface area (Å²) in [6.45, 7) is 0.451. The van der Waals surface area contributed by atoms with E-state index in [9.17, 15) is 18.0 Å². The fraction of sp³-hybridized carbons (Fsp3) is 0.333. The van der Waals surface area contributed by atoms with Gasteiger partial charge in [0.2, 0.25) is 5.91 Å². The summed E-state index contributed by atoms with van der Waals surface area (Å²) in [5.74, 6) is -4.56. The Balaban J connectivity index is 1.53. The average molecular weight is 404 g/mol. The van der Waals surface area contributed by atoms with Crippen molar-refractivity contribution >= 4 is 17.6 Å². The minimum atomic E-state index is -1.63. The monoisotopic (exact) mass is 404 g/mol. The Morgan fingerprint density at radius 3 is 2.38 bits per heavy atom. The molecule has 3 rings (SSSR count). The number of hydrogen-bond donors (Lipinski definition) is 3. The van der Waals surface area contributed by atoms with Gasteiger partial charge < -0.3 is 16.0 Å². The summed E-state index contributed by atoms with van der Waals surface area (Å²) in [7, 11) is 1.58. The number of guanidine groups is 1. The second kappa shape index (κ2) is 8.98. The molecule has 29 heavy (non-hydrogen) atoms. The number of carbonyl (C=O) groups excluding carboxylic acids is 1. The van der Waals surface area contributed by atoms with E-state index in [1.165, 1.54) is 5.56 Å². The second-order valence-electron chi connectivity index (χ2n) is 7.05. The number of carbonyl (C=O) groups is 1. The second-order valence-corrected chi connectivity index (χ2v) is 7.05. The Kier molecular flexibility index (Phi) is 6.41. The highest BCUT2D eigenvalue weighted by Gasteiger charge is 2.38. The third-order valence-corrected chi connectivity index (χ3v) is 5.24. The van der Waals surface area contributed by atoms with Gasteiger partial charge in [-0.05, 0) is 30.5 Å². The molecule has 1 fully saturated rings. The van der Waals surface area contributed by atoms with Crippen molar-refractivity contribution in [2.75, 3.05) is 25.5 Å². The Bertz CT molecular complexity index is 898. The summed E-state index contributed by atoms with van der Waals surface area (Å²) < 4.78 is 39.9. The molecule has 5 nitrogen and oxygen atoms in total. The Morgan fingerprint density at radius 1 is 1.03 bits per heavy atom. The first-order chi connectivity index (χ1) is 13.9. The van der Waals surface area contributed by atoms with Gasteiger partial charge in [0, 0.05) is 19.0 Å². The minimum Gasteiger partial charge on any atom is -0.356 e.